The number of urea groups is 1. The molecule has 1 aromatic heterocycles. The quantitative estimate of drug-likeness (QED) is 0.780. The fraction of sp³-hybridized carbons (Fsp3) is 0.478. The number of nitrogens with zero attached hydrogens (tertiary/aromatic N) is 4. The molecule has 31 heavy (non-hydrogen) atoms. The Balaban J connectivity index is 1.16. The summed E-state index contributed by atoms with van der Waals surface area (Å²) < 4.78 is 0. The Morgan fingerprint density at radius 2 is 1.55 bits per heavy atom. The second-order valence-electron chi connectivity index (χ2n) is 8.90. The molecule has 2 saturated heterocycles. The Bertz CT molecular complexity index is 935. The Kier molecular flexibility index (Phi) is 5.31. The van der Waals surface area contributed by atoms with E-state index in [4.69, 9.17) is 0 Å². The first-order valence-electron chi connectivity index (χ1n) is 11.1. The van der Waals surface area contributed by atoms with Crippen LogP contribution < -0.4 is 10.6 Å². The molecule has 8 nitrogen and oxygen atoms in total. The first kappa shape index (κ1) is 19.9. The number of piperidine rings is 2. The number of anilines is 1. The van der Waals surface area contributed by atoms with Crippen LogP contribution in [0, 0.1) is 5.41 Å². The molecule has 0 atom stereocenters. The van der Waals surface area contributed by atoms with E-state index in [-0.39, 0.29) is 11.9 Å². The van der Waals surface area contributed by atoms with E-state index in [0.717, 1.165) is 50.1 Å². The van der Waals surface area contributed by atoms with E-state index in [1.54, 1.807) is 17.0 Å². The van der Waals surface area contributed by atoms with Crippen LogP contribution in [0.5, 0.6) is 0 Å². The minimum Gasteiger partial charge on any atom is -0.337 e. The van der Waals surface area contributed by atoms with E-state index in [1.807, 2.05) is 29.2 Å². The number of hydrogen-bond donors (Lipinski definition) is 2. The maximum atomic E-state index is 12.9. The smallest absolute Gasteiger partial charge is 0.323 e. The number of fused-ring (bicyclic) bond motifs is 1. The molecule has 0 aliphatic carbocycles. The first-order valence-corrected chi connectivity index (χ1v) is 11.1. The molecule has 3 aliphatic heterocycles. The zero-order valence-corrected chi connectivity index (χ0v) is 17.6. The van der Waals surface area contributed by atoms with Crippen LogP contribution in [0.2, 0.25) is 0 Å². The summed E-state index contributed by atoms with van der Waals surface area (Å²) in [5, 5.41) is 14.4. The Morgan fingerprint density at radius 1 is 0.871 bits per heavy atom. The lowest BCUT2D eigenvalue weighted by molar-refractivity contribution is 0.0490. The maximum absolute atomic E-state index is 12.9. The van der Waals surface area contributed by atoms with Crippen molar-refractivity contribution in [2.75, 3.05) is 31.5 Å². The Labute approximate surface area is 182 Å². The first-order chi connectivity index (χ1) is 15.1. The maximum Gasteiger partial charge on any atom is 0.323 e. The van der Waals surface area contributed by atoms with Crippen LogP contribution in [-0.2, 0) is 13.1 Å². The summed E-state index contributed by atoms with van der Waals surface area (Å²) >= 11 is 0. The molecule has 162 valence electrons. The molecule has 5 rings (SSSR count). The van der Waals surface area contributed by atoms with Gasteiger partial charge in [0.05, 0.1) is 0 Å². The summed E-state index contributed by atoms with van der Waals surface area (Å²) in [7, 11) is 0. The van der Waals surface area contributed by atoms with Gasteiger partial charge in [0.2, 0.25) is 0 Å². The number of nitrogens with one attached hydrogen (secondary N) is 2. The third-order valence-electron chi connectivity index (χ3n) is 7.02. The number of amides is 3. The number of benzene rings is 1. The molecule has 1 aromatic carbocycles. The summed E-state index contributed by atoms with van der Waals surface area (Å²) in [5.74, 6) is 0.272. The highest BCUT2D eigenvalue weighted by Gasteiger charge is 2.37. The highest BCUT2D eigenvalue weighted by molar-refractivity contribution is 5.93. The van der Waals surface area contributed by atoms with Gasteiger partial charge in [0.1, 0.15) is 0 Å². The lowest BCUT2D eigenvalue weighted by Gasteiger charge is -2.44. The molecule has 8 heteroatoms. The summed E-state index contributed by atoms with van der Waals surface area (Å²) in [4.78, 5) is 29.0. The second-order valence-corrected chi connectivity index (χ2v) is 8.90. The van der Waals surface area contributed by atoms with Gasteiger partial charge < -0.3 is 15.1 Å². The second kappa shape index (κ2) is 8.26. The largest absolute Gasteiger partial charge is 0.337 e. The van der Waals surface area contributed by atoms with Crippen molar-refractivity contribution in [2.24, 2.45) is 5.41 Å². The third-order valence-corrected chi connectivity index (χ3v) is 7.02. The molecule has 2 fully saturated rings. The number of rotatable bonds is 2. The van der Waals surface area contributed by atoms with E-state index < -0.39 is 0 Å². The van der Waals surface area contributed by atoms with Crippen molar-refractivity contribution in [2.45, 2.75) is 38.8 Å². The van der Waals surface area contributed by atoms with Gasteiger partial charge in [-0.2, -0.15) is 0 Å². The number of aromatic nitrogens is 2. The zero-order chi connectivity index (χ0) is 21.3. The molecule has 0 saturated carbocycles. The van der Waals surface area contributed by atoms with Crippen molar-refractivity contribution < 1.29 is 9.59 Å². The molecule has 4 heterocycles. The summed E-state index contributed by atoms with van der Waals surface area (Å²) in [5.41, 5.74) is 3.06. The van der Waals surface area contributed by atoms with Crippen molar-refractivity contribution in [3.05, 3.63) is 53.2 Å². The number of carbonyl (C=O) groups excluding carboxylic acids is 2. The standard InChI is InChI=1S/C23H28N6O2/c30-21(28-13-9-23(10-14-28)7-11-24-12-8-23)19-5-6-20(27-26-19)25-22(31)29-15-17-3-1-2-4-18(17)16-29/h1-6,24H,7-16H2,(H,25,27,31). The summed E-state index contributed by atoms with van der Waals surface area (Å²) in [6, 6.07) is 11.1. The molecule has 2 N–H and O–H groups in total. The highest BCUT2D eigenvalue weighted by atomic mass is 16.2. The van der Waals surface area contributed by atoms with Crippen LogP contribution in [0.1, 0.15) is 47.3 Å². The number of likely N-dealkylation sites (tertiary alicyclic amines) is 1. The van der Waals surface area contributed by atoms with Crippen LogP contribution in [0.15, 0.2) is 36.4 Å². The van der Waals surface area contributed by atoms with Gasteiger partial charge in [0, 0.05) is 26.2 Å². The van der Waals surface area contributed by atoms with Gasteiger partial charge in [-0.05, 0) is 67.4 Å². The number of carbonyl (C=O) groups is 2. The van der Waals surface area contributed by atoms with Gasteiger partial charge in [0.25, 0.3) is 5.91 Å². The van der Waals surface area contributed by atoms with Crippen molar-refractivity contribution in [1.29, 1.82) is 0 Å². The van der Waals surface area contributed by atoms with Gasteiger partial charge >= 0.3 is 6.03 Å². The van der Waals surface area contributed by atoms with Gasteiger partial charge in [-0.1, -0.05) is 24.3 Å². The third kappa shape index (κ3) is 4.12. The molecule has 1 spiro atoms. The van der Waals surface area contributed by atoms with E-state index in [9.17, 15) is 9.59 Å². The Hall–Kier alpha value is -3.00. The van der Waals surface area contributed by atoms with Crippen LogP contribution in [-0.4, -0.2) is 58.1 Å². The van der Waals surface area contributed by atoms with E-state index >= 15 is 0 Å². The molecule has 3 aliphatic rings. The van der Waals surface area contributed by atoms with Gasteiger partial charge in [-0.3, -0.25) is 10.1 Å². The van der Waals surface area contributed by atoms with Crippen molar-refractivity contribution in [3.8, 4) is 0 Å². The van der Waals surface area contributed by atoms with E-state index in [1.165, 1.54) is 12.8 Å². The average Bonchev–Trinajstić information content (AvgIpc) is 3.25. The zero-order valence-electron chi connectivity index (χ0n) is 17.6. The summed E-state index contributed by atoms with van der Waals surface area (Å²) in [6.07, 6.45) is 4.51. The normalized spacial score (nSPS) is 19.9. The van der Waals surface area contributed by atoms with E-state index in [2.05, 4.69) is 20.8 Å². The summed E-state index contributed by atoms with van der Waals surface area (Å²) in [6.45, 7) is 4.87. The lowest BCUT2D eigenvalue weighted by atomic mass is 9.71. The van der Waals surface area contributed by atoms with Crippen LogP contribution in [0.3, 0.4) is 0 Å². The van der Waals surface area contributed by atoms with Crippen LogP contribution in [0.25, 0.3) is 0 Å². The molecule has 0 bridgehead atoms. The number of hydrogen-bond acceptors (Lipinski definition) is 5. The topological polar surface area (TPSA) is 90.5 Å². The van der Waals surface area contributed by atoms with Crippen molar-refractivity contribution in [1.82, 2.24) is 25.3 Å². The highest BCUT2D eigenvalue weighted by Crippen LogP contribution is 2.39. The molecule has 0 unspecified atom stereocenters. The average molecular weight is 421 g/mol. The van der Waals surface area contributed by atoms with Gasteiger partial charge in [-0.15, -0.1) is 10.2 Å². The van der Waals surface area contributed by atoms with Crippen molar-refractivity contribution >= 4 is 17.8 Å². The minimum atomic E-state index is -0.215. The van der Waals surface area contributed by atoms with Crippen LogP contribution >= 0.6 is 0 Å². The SMILES string of the molecule is O=C(Nc1ccc(C(=O)N2CCC3(CCNCC3)CC2)nn1)N1Cc2ccccc2C1. The fourth-order valence-corrected chi connectivity index (χ4v) is 4.98. The molecule has 0 radical (unpaired) electrons. The molecular weight excluding hydrogens is 392 g/mol. The van der Waals surface area contributed by atoms with Crippen LogP contribution in [0.4, 0.5) is 10.6 Å². The Morgan fingerprint density at radius 3 is 2.16 bits per heavy atom. The van der Waals surface area contributed by atoms with E-state index in [0.29, 0.717) is 30.0 Å². The van der Waals surface area contributed by atoms with Gasteiger partial charge in [-0.25, -0.2) is 4.79 Å². The van der Waals surface area contributed by atoms with Crippen molar-refractivity contribution in [3.63, 3.8) is 0 Å². The molecule has 3 amide bonds. The lowest BCUT2D eigenvalue weighted by Crippen LogP contribution is -2.47. The monoisotopic (exact) mass is 420 g/mol. The van der Waals surface area contributed by atoms with Gasteiger partial charge in [0.15, 0.2) is 11.5 Å². The molecular formula is C23H28N6O2. The molecule has 2 aromatic rings. The fourth-order valence-electron chi connectivity index (χ4n) is 4.98. The minimum absolute atomic E-state index is 0.0795. The predicted molar refractivity (Wildman–Crippen MR) is 116 cm³/mol. The predicted octanol–water partition coefficient (Wildman–Crippen LogP) is 2.63.